The lowest BCUT2D eigenvalue weighted by atomic mass is 9.96. The van der Waals surface area contributed by atoms with Gasteiger partial charge >= 0.3 is 0 Å². The number of aromatic amines is 2. The minimum absolute atomic E-state index is 0.00105. The molecule has 1 unspecified atom stereocenters. The number of hydrogen-bond donors (Lipinski definition) is 2. The lowest BCUT2D eigenvalue weighted by Gasteiger charge is -2.35. The Kier molecular flexibility index (Phi) is 3.21. The van der Waals surface area contributed by atoms with Gasteiger partial charge in [-0.25, -0.2) is 4.98 Å². The van der Waals surface area contributed by atoms with E-state index in [1.807, 2.05) is 34.5 Å². The molecule has 4 aromatic rings. The zero-order valence-corrected chi connectivity index (χ0v) is 14.1. The summed E-state index contributed by atoms with van der Waals surface area (Å²) in [6, 6.07) is 7.63. The third-order valence-corrected chi connectivity index (χ3v) is 5.54. The fourth-order valence-corrected chi connectivity index (χ4v) is 4.28. The standard InChI is InChI=1S/C18H15N5OS/c24-18(14-9-15-12(22-14)4-8-25-15)23-7-3-13-16(21-10-20-13)17(23)11-1-5-19-6-2-11/h1-2,4-6,8-10,17,22H,3,7H2,(H,20,21). The Morgan fingerprint density at radius 2 is 2.16 bits per heavy atom. The van der Waals surface area contributed by atoms with Crippen LogP contribution in [0.5, 0.6) is 0 Å². The molecule has 1 amide bonds. The number of H-pyrrole nitrogens is 2. The molecule has 1 aliphatic heterocycles. The lowest BCUT2D eigenvalue weighted by molar-refractivity contribution is 0.0685. The summed E-state index contributed by atoms with van der Waals surface area (Å²) in [4.78, 5) is 30.2. The van der Waals surface area contributed by atoms with Crippen LogP contribution in [0.25, 0.3) is 10.2 Å². The molecule has 0 radical (unpaired) electrons. The van der Waals surface area contributed by atoms with Gasteiger partial charge in [0.2, 0.25) is 0 Å². The summed E-state index contributed by atoms with van der Waals surface area (Å²) >= 11 is 1.63. The molecule has 0 saturated heterocycles. The van der Waals surface area contributed by atoms with Gasteiger partial charge in [-0.05, 0) is 35.2 Å². The monoisotopic (exact) mass is 349 g/mol. The highest BCUT2D eigenvalue weighted by Gasteiger charge is 2.35. The van der Waals surface area contributed by atoms with Crippen molar-refractivity contribution in [2.24, 2.45) is 0 Å². The zero-order chi connectivity index (χ0) is 16.8. The van der Waals surface area contributed by atoms with Gasteiger partial charge in [0, 0.05) is 31.1 Å². The quantitative estimate of drug-likeness (QED) is 0.584. The first-order valence-electron chi connectivity index (χ1n) is 8.10. The first-order chi connectivity index (χ1) is 12.3. The number of pyridine rings is 1. The maximum absolute atomic E-state index is 13.2. The number of nitrogens with zero attached hydrogens (tertiary/aromatic N) is 3. The zero-order valence-electron chi connectivity index (χ0n) is 13.3. The molecule has 0 saturated carbocycles. The predicted molar refractivity (Wildman–Crippen MR) is 95.6 cm³/mol. The summed E-state index contributed by atoms with van der Waals surface area (Å²) < 4.78 is 1.10. The Morgan fingerprint density at radius 1 is 1.28 bits per heavy atom. The van der Waals surface area contributed by atoms with Crippen LogP contribution in [0.4, 0.5) is 0 Å². The molecular formula is C18H15N5OS. The number of aromatic nitrogens is 4. The van der Waals surface area contributed by atoms with Gasteiger partial charge in [-0.1, -0.05) is 0 Å². The molecular weight excluding hydrogens is 334 g/mol. The van der Waals surface area contributed by atoms with E-state index in [4.69, 9.17) is 0 Å². The van der Waals surface area contributed by atoms with E-state index in [9.17, 15) is 4.79 Å². The minimum atomic E-state index is -0.202. The number of rotatable bonds is 2. The fraction of sp³-hybridized carbons (Fsp3) is 0.167. The molecule has 1 aliphatic rings. The number of nitrogens with one attached hydrogen (secondary N) is 2. The summed E-state index contributed by atoms with van der Waals surface area (Å²) in [5.74, 6) is -0.00105. The van der Waals surface area contributed by atoms with E-state index >= 15 is 0 Å². The maximum Gasteiger partial charge on any atom is 0.271 e. The number of hydrogen-bond acceptors (Lipinski definition) is 4. The van der Waals surface area contributed by atoms with E-state index in [1.54, 1.807) is 30.1 Å². The Hall–Kier alpha value is -2.93. The van der Waals surface area contributed by atoms with E-state index in [-0.39, 0.29) is 11.9 Å². The number of imidazole rings is 1. The van der Waals surface area contributed by atoms with Crippen LogP contribution >= 0.6 is 11.3 Å². The Morgan fingerprint density at radius 3 is 3.00 bits per heavy atom. The van der Waals surface area contributed by atoms with Crippen LogP contribution in [-0.4, -0.2) is 37.3 Å². The van der Waals surface area contributed by atoms with Gasteiger partial charge in [-0.15, -0.1) is 11.3 Å². The van der Waals surface area contributed by atoms with Gasteiger partial charge in [-0.3, -0.25) is 9.78 Å². The van der Waals surface area contributed by atoms with Crippen LogP contribution in [-0.2, 0) is 6.42 Å². The summed E-state index contributed by atoms with van der Waals surface area (Å²) in [6.45, 7) is 0.647. The smallest absolute Gasteiger partial charge is 0.271 e. The molecule has 25 heavy (non-hydrogen) atoms. The van der Waals surface area contributed by atoms with Crippen molar-refractivity contribution >= 4 is 27.5 Å². The fourth-order valence-electron chi connectivity index (χ4n) is 3.50. The molecule has 0 aliphatic carbocycles. The molecule has 4 aromatic heterocycles. The highest BCUT2D eigenvalue weighted by Crippen LogP contribution is 2.34. The van der Waals surface area contributed by atoms with E-state index in [1.165, 1.54) is 0 Å². The first-order valence-corrected chi connectivity index (χ1v) is 8.98. The Bertz CT molecular complexity index is 1020. The predicted octanol–water partition coefficient (Wildman–Crippen LogP) is 3.14. The van der Waals surface area contributed by atoms with Crippen molar-refractivity contribution in [3.63, 3.8) is 0 Å². The molecule has 0 fully saturated rings. The average molecular weight is 349 g/mol. The van der Waals surface area contributed by atoms with Crippen LogP contribution in [0, 0.1) is 0 Å². The maximum atomic E-state index is 13.2. The van der Waals surface area contributed by atoms with Gasteiger partial charge in [0.1, 0.15) is 11.7 Å². The third kappa shape index (κ3) is 2.27. The highest BCUT2D eigenvalue weighted by molar-refractivity contribution is 7.17. The Balaban J connectivity index is 1.59. The summed E-state index contributed by atoms with van der Waals surface area (Å²) in [5.41, 5.74) is 4.66. The molecule has 2 N–H and O–H groups in total. The van der Waals surface area contributed by atoms with Crippen molar-refractivity contribution in [3.05, 3.63) is 71.0 Å². The van der Waals surface area contributed by atoms with Gasteiger partial charge in [0.05, 0.1) is 22.2 Å². The van der Waals surface area contributed by atoms with Gasteiger partial charge in [0.25, 0.3) is 5.91 Å². The van der Waals surface area contributed by atoms with Gasteiger partial charge in [0.15, 0.2) is 0 Å². The number of thiophene rings is 1. The van der Waals surface area contributed by atoms with Crippen molar-refractivity contribution in [3.8, 4) is 0 Å². The van der Waals surface area contributed by atoms with E-state index in [2.05, 4.69) is 19.9 Å². The number of fused-ring (bicyclic) bond motifs is 2. The van der Waals surface area contributed by atoms with Crippen molar-refractivity contribution < 1.29 is 4.79 Å². The van der Waals surface area contributed by atoms with Crippen molar-refractivity contribution in [2.45, 2.75) is 12.5 Å². The molecule has 5 heterocycles. The minimum Gasteiger partial charge on any atom is -0.350 e. The average Bonchev–Trinajstić information content (AvgIpc) is 3.36. The SMILES string of the molecule is O=C(c1cc2sccc2[nH]1)N1CCc2[nH]cnc2C1c1ccncc1. The van der Waals surface area contributed by atoms with Crippen LogP contribution in [0.1, 0.15) is 33.5 Å². The number of amides is 1. The van der Waals surface area contributed by atoms with Crippen LogP contribution in [0.3, 0.4) is 0 Å². The van der Waals surface area contributed by atoms with Gasteiger partial charge < -0.3 is 14.9 Å². The lowest BCUT2D eigenvalue weighted by Crippen LogP contribution is -2.40. The second-order valence-corrected chi connectivity index (χ2v) is 7.03. The van der Waals surface area contributed by atoms with Crippen molar-refractivity contribution in [1.29, 1.82) is 0 Å². The topological polar surface area (TPSA) is 77.7 Å². The third-order valence-electron chi connectivity index (χ3n) is 4.68. The molecule has 7 heteroatoms. The number of carbonyl (C=O) groups excluding carboxylic acids is 1. The largest absolute Gasteiger partial charge is 0.350 e. The second kappa shape index (κ2) is 5.56. The van der Waals surface area contributed by atoms with Crippen molar-refractivity contribution in [1.82, 2.24) is 24.8 Å². The Labute approximate surface area is 147 Å². The molecule has 5 rings (SSSR count). The van der Waals surface area contributed by atoms with E-state index in [0.717, 1.165) is 33.6 Å². The summed E-state index contributed by atoms with van der Waals surface area (Å²) in [6.07, 6.45) is 5.99. The summed E-state index contributed by atoms with van der Waals surface area (Å²) in [5, 5.41) is 2.02. The first kappa shape index (κ1) is 14.4. The normalized spacial score (nSPS) is 17.0. The molecule has 1 atom stereocenters. The van der Waals surface area contributed by atoms with Crippen molar-refractivity contribution in [2.75, 3.05) is 6.54 Å². The molecule has 0 spiro atoms. The number of carbonyl (C=O) groups is 1. The van der Waals surface area contributed by atoms with Gasteiger partial charge in [-0.2, -0.15) is 0 Å². The summed E-state index contributed by atoms with van der Waals surface area (Å²) in [7, 11) is 0. The molecule has 124 valence electrons. The van der Waals surface area contributed by atoms with Crippen LogP contribution in [0.2, 0.25) is 0 Å². The highest BCUT2D eigenvalue weighted by atomic mass is 32.1. The van der Waals surface area contributed by atoms with E-state index in [0.29, 0.717) is 12.2 Å². The second-order valence-electron chi connectivity index (χ2n) is 6.08. The molecule has 6 nitrogen and oxygen atoms in total. The van der Waals surface area contributed by atoms with Crippen LogP contribution < -0.4 is 0 Å². The van der Waals surface area contributed by atoms with Crippen LogP contribution in [0.15, 0.2) is 48.4 Å². The van der Waals surface area contributed by atoms with E-state index < -0.39 is 0 Å². The molecule has 0 aromatic carbocycles. The molecule has 0 bridgehead atoms.